The van der Waals surface area contributed by atoms with E-state index in [4.69, 9.17) is 9.57 Å². The van der Waals surface area contributed by atoms with E-state index in [2.05, 4.69) is 5.16 Å². The minimum atomic E-state index is -0.102. The number of carbonyl (C=O) groups excluding carboxylic acids is 1. The molecule has 0 aliphatic heterocycles. The molecular weight excluding hydrogens is 366 g/mol. The van der Waals surface area contributed by atoms with Crippen LogP contribution in [0.5, 0.6) is 5.75 Å². The number of carbonyl (C=O) groups is 1. The van der Waals surface area contributed by atoms with Crippen LogP contribution < -0.4 is 4.74 Å². The highest BCUT2D eigenvalue weighted by Crippen LogP contribution is 2.35. The summed E-state index contributed by atoms with van der Waals surface area (Å²) in [6, 6.07) is 17.7. The molecule has 1 aliphatic carbocycles. The predicted octanol–water partition coefficient (Wildman–Crippen LogP) is 5.33. The molecule has 2 aromatic rings. The molecule has 1 unspecified atom stereocenters. The molecular formula is C24H27NO4. The number of aliphatic hydroxyl groups excluding tert-OH is 1. The second kappa shape index (κ2) is 9.92. The summed E-state index contributed by atoms with van der Waals surface area (Å²) in [6.07, 6.45) is 1.25. The number of hydrogen-bond acceptors (Lipinski definition) is 5. The first-order valence-electron chi connectivity index (χ1n) is 10.0. The topological polar surface area (TPSA) is 68.1 Å². The van der Waals surface area contributed by atoms with E-state index in [1.165, 1.54) is 0 Å². The van der Waals surface area contributed by atoms with E-state index in [0.29, 0.717) is 43.8 Å². The van der Waals surface area contributed by atoms with Gasteiger partial charge in [-0.1, -0.05) is 54.5 Å². The Bertz CT molecular complexity index is 902. The Balaban J connectivity index is 1.74. The van der Waals surface area contributed by atoms with E-state index in [1.54, 1.807) is 0 Å². The van der Waals surface area contributed by atoms with Crippen LogP contribution in [0.3, 0.4) is 0 Å². The minimum absolute atomic E-state index is 0.0853. The monoisotopic (exact) mass is 393 g/mol. The zero-order valence-corrected chi connectivity index (χ0v) is 16.9. The summed E-state index contributed by atoms with van der Waals surface area (Å²) in [4.78, 5) is 17.9. The Hall–Kier alpha value is -3.08. The molecule has 0 radical (unpaired) electrons. The van der Waals surface area contributed by atoms with E-state index in [9.17, 15) is 9.90 Å². The number of allylic oxidation sites excluding steroid dienone is 2. The lowest BCUT2D eigenvalue weighted by Crippen LogP contribution is -2.23. The molecule has 0 saturated carbocycles. The van der Waals surface area contributed by atoms with Crippen LogP contribution in [0.1, 0.15) is 50.2 Å². The highest BCUT2D eigenvalue weighted by molar-refractivity contribution is 6.23. The van der Waals surface area contributed by atoms with Gasteiger partial charge in [0.25, 0.3) is 0 Å². The molecule has 0 amide bonds. The number of hydrogen-bond donors (Lipinski definition) is 1. The van der Waals surface area contributed by atoms with Gasteiger partial charge in [-0.05, 0) is 42.5 Å². The van der Waals surface area contributed by atoms with E-state index in [-0.39, 0.29) is 17.5 Å². The number of rotatable bonds is 8. The van der Waals surface area contributed by atoms with Gasteiger partial charge >= 0.3 is 0 Å². The summed E-state index contributed by atoms with van der Waals surface area (Å²) in [5.74, 6) is 0.647. The molecule has 29 heavy (non-hydrogen) atoms. The lowest BCUT2D eigenvalue weighted by molar-refractivity contribution is -0.116. The van der Waals surface area contributed by atoms with Gasteiger partial charge in [-0.25, -0.2) is 0 Å². The number of oxime groups is 1. The minimum Gasteiger partial charge on any atom is -0.511 e. The number of ether oxygens (including phenoxy) is 1. The third kappa shape index (κ3) is 5.25. The van der Waals surface area contributed by atoms with Gasteiger partial charge < -0.3 is 14.7 Å². The van der Waals surface area contributed by atoms with Crippen LogP contribution in [-0.4, -0.2) is 23.2 Å². The van der Waals surface area contributed by atoms with Crippen LogP contribution in [0.25, 0.3) is 0 Å². The summed E-state index contributed by atoms with van der Waals surface area (Å²) in [6.45, 7) is 4.63. The van der Waals surface area contributed by atoms with E-state index < -0.39 is 0 Å². The van der Waals surface area contributed by atoms with Gasteiger partial charge in [0, 0.05) is 12.8 Å². The van der Waals surface area contributed by atoms with Crippen LogP contribution in [0.4, 0.5) is 0 Å². The average Bonchev–Trinajstić information content (AvgIpc) is 2.75. The lowest BCUT2D eigenvalue weighted by atomic mass is 9.81. The highest BCUT2D eigenvalue weighted by atomic mass is 16.6. The fourth-order valence-corrected chi connectivity index (χ4v) is 3.49. The largest absolute Gasteiger partial charge is 0.511 e. The van der Waals surface area contributed by atoms with Crippen LogP contribution in [0, 0.1) is 0 Å². The zero-order valence-electron chi connectivity index (χ0n) is 16.9. The summed E-state index contributed by atoms with van der Waals surface area (Å²) in [5.41, 5.74) is 2.90. The van der Waals surface area contributed by atoms with Gasteiger partial charge in [0.2, 0.25) is 0 Å². The molecule has 5 nitrogen and oxygen atoms in total. The molecule has 0 heterocycles. The second-order valence-electron chi connectivity index (χ2n) is 7.01. The van der Waals surface area contributed by atoms with Gasteiger partial charge in [-0.3, -0.25) is 4.79 Å². The second-order valence-corrected chi connectivity index (χ2v) is 7.01. The fourth-order valence-electron chi connectivity index (χ4n) is 3.49. The number of Topliss-reactive ketones (excluding diaryl/α,β-unsaturated/α-hetero) is 1. The molecule has 0 bridgehead atoms. The van der Waals surface area contributed by atoms with Crippen LogP contribution >= 0.6 is 0 Å². The van der Waals surface area contributed by atoms with Gasteiger partial charge in [-0.15, -0.1) is 0 Å². The molecule has 0 aromatic heterocycles. The van der Waals surface area contributed by atoms with Crippen molar-refractivity contribution in [2.45, 2.75) is 45.6 Å². The number of ketones is 1. The van der Waals surface area contributed by atoms with Crippen molar-refractivity contribution in [3.8, 4) is 5.75 Å². The van der Waals surface area contributed by atoms with Crippen molar-refractivity contribution in [1.82, 2.24) is 0 Å². The molecule has 0 saturated heterocycles. The third-order valence-electron chi connectivity index (χ3n) is 4.94. The van der Waals surface area contributed by atoms with Gasteiger partial charge in [0.15, 0.2) is 5.78 Å². The van der Waals surface area contributed by atoms with Crippen LogP contribution in [0.2, 0.25) is 0 Å². The van der Waals surface area contributed by atoms with Crippen molar-refractivity contribution in [1.29, 1.82) is 0 Å². The normalized spacial score (nSPS) is 17.4. The number of nitrogens with zero attached hydrogens (tertiary/aromatic N) is 1. The van der Waals surface area contributed by atoms with Crippen molar-refractivity contribution < 1.29 is 19.5 Å². The molecule has 152 valence electrons. The zero-order chi connectivity index (χ0) is 20.6. The SMILES string of the molecule is CCO/N=C(\CC)C1=C(O)CC(c2cccc(OCc3ccccc3)c2)CC1=O. The first-order chi connectivity index (χ1) is 14.1. The van der Waals surface area contributed by atoms with E-state index >= 15 is 0 Å². The summed E-state index contributed by atoms with van der Waals surface area (Å²) in [7, 11) is 0. The standard InChI is InChI=1S/C24H27NO4/c1-3-21(25-29-4-2)24-22(26)14-19(15-23(24)27)18-11-8-12-20(13-18)28-16-17-9-6-5-7-10-17/h5-13,19,26H,3-4,14-16H2,1-2H3/b25-21+. The number of aliphatic hydroxyl groups is 1. The molecule has 1 aliphatic rings. The molecule has 2 aromatic carbocycles. The van der Waals surface area contributed by atoms with Gasteiger partial charge in [-0.2, -0.15) is 0 Å². The van der Waals surface area contributed by atoms with Crippen molar-refractivity contribution in [2.75, 3.05) is 6.61 Å². The molecule has 1 N–H and O–H groups in total. The van der Waals surface area contributed by atoms with Crippen LogP contribution in [-0.2, 0) is 16.2 Å². The van der Waals surface area contributed by atoms with E-state index in [1.807, 2.05) is 68.4 Å². The summed E-state index contributed by atoms with van der Waals surface area (Å²) >= 11 is 0. The average molecular weight is 393 g/mol. The lowest BCUT2D eigenvalue weighted by Gasteiger charge is -2.24. The van der Waals surface area contributed by atoms with Gasteiger partial charge in [0.05, 0.1) is 11.3 Å². The summed E-state index contributed by atoms with van der Waals surface area (Å²) in [5, 5.41) is 14.6. The summed E-state index contributed by atoms with van der Waals surface area (Å²) < 4.78 is 5.90. The third-order valence-corrected chi connectivity index (χ3v) is 4.94. The maximum atomic E-state index is 12.8. The smallest absolute Gasteiger partial charge is 0.168 e. The Kier molecular flexibility index (Phi) is 7.06. The fraction of sp³-hybridized carbons (Fsp3) is 0.333. The first-order valence-corrected chi connectivity index (χ1v) is 10.0. The van der Waals surface area contributed by atoms with Crippen molar-refractivity contribution in [2.24, 2.45) is 5.16 Å². The molecule has 3 rings (SSSR count). The molecule has 0 fully saturated rings. The van der Waals surface area contributed by atoms with Crippen molar-refractivity contribution in [3.63, 3.8) is 0 Å². The first kappa shape index (κ1) is 20.6. The predicted molar refractivity (Wildman–Crippen MR) is 113 cm³/mol. The Morgan fingerprint density at radius 1 is 1.10 bits per heavy atom. The van der Waals surface area contributed by atoms with Crippen molar-refractivity contribution in [3.05, 3.63) is 77.1 Å². The van der Waals surface area contributed by atoms with E-state index in [0.717, 1.165) is 16.9 Å². The Morgan fingerprint density at radius 2 is 1.90 bits per heavy atom. The maximum Gasteiger partial charge on any atom is 0.168 e. The van der Waals surface area contributed by atoms with Crippen LogP contribution in [0.15, 0.2) is 71.1 Å². The van der Waals surface area contributed by atoms with Crippen molar-refractivity contribution >= 4 is 11.5 Å². The molecule has 1 atom stereocenters. The maximum absolute atomic E-state index is 12.8. The Labute approximate surface area is 171 Å². The quantitative estimate of drug-likeness (QED) is 0.486. The molecule has 5 heteroatoms. The Morgan fingerprint density at radius 3 is 2.59 bits per heavy atom. The number of benzene rings is 2. The highest BCUT2D eigenvalue weighted by Gasteiger charge is 2.31. The van der Waals surface area contributed by atoms with Gasteiger partial charge in [0.1, 0.15) is 24.7 Å². The molecule has 0 spiro atoms.